The number of carbonyl (C=O) groups is 8. The molecular formula is C42H69N13O9. The predicted octanol–water partition coefficient (Wildman–Crippen LogP) is -2.99. The molecule has 64 heavy (non-hydrogen) atoms. The van der Waals surface area contributed by atoms with Crippen LogP contribution < -0.4 is 55.3 Å². The summed E-state index contributed by atoms with van der Waals surface area (Å²) in [5.41, 5.74) is 28.7. The van der Waals surface area contributed by atoms with Crippen molar-refractivity contribution in [2.45, 2.75) is 126 Å². The van der Waals surface area contributed by atoms with Crippen LogP contribution in [0.2, 0.25) is 0 Å². The quantitative estimate of drug-likeness (QED) is 0.0227. The lowest BCUT2D eigenvalue weighted by molar-refractivity contribution is -0.148. The van der Waals surface area contributed by atoms with Crippen molar-refractivity contribution in [1.29, 1.82) is 0 Å². The highest BCUT2D eigenvalue weighted by Gasteiger charge is 2.44. The van der Waals surface area contributed by atoms with Gasteiger partial charge in [0.25, 0.3) is 0 Å². The van der Waals surface area contributed by atoms with Crippen LogP contribution in [-0.4, -0.2) is 150 Å². The zero-order chi connectivity index (χ0) is 47.0. The van der Waals surface area contributed by atoms with Crippen LogP contribution in [0.3, 0.4) is 0 Å². The summed E-state index contributed by atoms with van der Waals surface area (Å²) < 4.78 is 0. The molecule has 0 saturated carbocycles. The first-order valence-electron chi connectivity index (χ1n) is 22.2. The van der Waals surface area contributed by atoms with E-state index in [0.717, 1.165) is 0 Å². The smallest absolute Gasteiger partial charge is 0.326 e. The van der Waals surface area contributed by atoms with Crippen molar-refractivity contribution in [2.24, 2.45) is 33.7 Å². The lowest BCUT2D eigenvalue weighted by Crippen LogP contribution is -2.59. The minimum atomic E-state index is -1.24. The van der Waals surface area contributed by atoms with Crippen molar-refractivity contribution in [2.75, 3.05) is 45.8 Å². The maximum atomic E-state index is 14.4. The number of nitrogens with two attached hydrogens (primary N) is 5. The highest BCUT2D eigenvalue weighted by atomic mass is 16.4. The largest absolute Gasteiger partial charge is 0.480 e. The van der Waals surface area contributed by atoms with Crippen LogP contribution in [0.15, 0.2) is 35.3 Å². The Balaban J connectivity index is 1.75. The molecule has 1 aromatic rings. The molecule has 3 rings (SSSR count). The van der Waals surface area contributed by atoms with E-state index >= 15 is 0 Å². The summed E-state index contributed by atoms with van der Waals surface area (Å²) in [6.07, 6.45) is 4.53. The van der Waals surface area contributed by atoms with E-state index in [-0.39, 0.29) is 70.7 Å². The minimum Gasteiger partial charge on any atom is -0.480 e. The molecular weight excluding hydrogens is 831 g/mol. The summed E-state index contributed by atoms with van der Waals surface area (Å²) in [5, 5.41) is 22.9. The highest BCUT2D eigenvalue weighted by molar-refractivity contribution is 5.97. The molecule has 0 bridgehead atoms. The SMILES string of the molecule is NCCCC[C@H](NC(=O)CCN)C(=O)N[C@@H](CCCCN)C(=O)N[C@@H](CCCN=C(N)N)C(=O)N1CCC[C@H]1C(=O)N1CCC[C@H]1C(=O)NCC(=O)N[C@@H](Cc1ccccc1)C(=O)O. The molecule has 1 aromatic carbocycles. The van der Waals surface area contributed by atoms with E-state index in [1.807, 2.05) is 0 Å². The summed E-state index contributed by atoms with van der Waals surface area (Å²) in [6, 6.07) is 2.40. The number of aliphatic carboxylic acids is 1. The number of hydrogen-bond donors (Lipinski definition) is 11. The second kappa shape index (κ2) is 28.0. The number of rotatable bonds is 28. The maximum absolute atomic E-state index is 14.4. The number of hydrogen-bond acceptors (Lipinski definition) is 12. The lowest BCUT2D eigenvalue weighted by atomic mass is 10.0. The number of benzene rings is 1. The van der Waals surface area contributed by atoms with E-state index in [0.29, 0.717) is 70.0 Å². The first-order valence-corrected chi connectivity index (χ1v) is 22.2. The average Bonchev–Trinajstić information content (AvgIpc) is 3.97. The van der Waals surface area contributed by atoms with Crippen LogP contribution in [0.25, 0.3) is 0 Å². The maximum Gasteiger partial charge on any atom is 0.326 e. The predicted molar refractivity (Wildman–Crippen MR) is 237 cm³/mol. The molecule has 16 N–H and O–H groups in total. The normalized spacial score (nSPS) is 17.6. The van der Waals surface area contributed by atoms with Crippen LogP contribution in [0, 0.1) is 0 Å². The van der Waals surface area contributed by atoms with Crippen LogP contribution >= 0.6 is 0 Å². The third kappa shape index (κ3) is 17.4. The van der Waals surface area contributed by atoms with Gasteiger partial charge in [-0.2, -0.15) is 0 Å². The summed E-state index contributed by atoms with van der Waals surface area (Å²) >= 11 is 0. The van der Waals surface area contributed by atoms with Crippen molar-refractivity contribution in [3.63, 3.8) is 0 Å². The van der Waals surface area contributed by atoms with Crippen molar-refractivity contribution >= 4 is 53.3 Å². The van der Waals surface area contributed by atoms with Gasteiger partial charge in [0, 0.05) is 39.0 Å². The average molecular weight is 900 g/mol. The van der Waals surface area contributed by atoms with Gasteiger partial charge in [-0.25, -0.2) is 4.79 Å². The van der Waals surface area contributed by atoms with Crippen molar-refractivity contribution < 1.29 is 43.5 Å². The fraction of sp³-hybridized carbons (Fsp3) is 0.643. The van der Waals surface area contributed by atoms with Gasteiger partial charge in [-0.1, -0.05) is 30.3 Å². The summed E-state index contributed by atoms with van der Waals surface area (Å²) in [4.78, 5) is 114. The number of aliphatic imine (C=N–C) groups is 1. The third-order valence-electron chi connectivity index (χ3n) is 11.1. The molecule has 2 saturated heterocycles. The van der Waals surface area contributed by atoms with Crippen LogP contribution in [-0.2, 0) is 44.8 Å². The molecule has 7 amide bonds. The molecule has 0 radical (unpaired) electrons. The summed E-state index contributed by atoms with van der Waals surface area (Å²) in [5.74, 6) is -5.38. The first kappa shape index (κ1) is 52.5. The Kier molecular flexibility index (Phi) is 23.0. The highest BCUT2D eigenvalue weighted by Crippen LogP contribution is 2.26. The molecule has 2 aliphatic heterocycles. The summed E-state index contributed by atoms with van der Waals surface area (Å²) in [6.45, 7) is 0.848. The number of carboxylic acid groups (broad SMARTS) is 1. The standard InChI is InChI=1S/C42H69N13O9/c43-19-6-4-13-28(50-34(56)18-21-45)36(58)52-29(14-5-7-20-44)37(59)53-30(15-8-22-48-42(46)47)39(61)55-24-10-17-33(55)40(62)54-23-9-16-32(54)38(60)49-26-35(57)51-31(41(63)64)25-27-11-2-1-3-12-27/h1-3,11-12,28-33H,4-10,13-26,43-45H2,(H,49,60)(H,50,56)(H,51,57)(H,52,58)(H,53,59)(H,63,64)(H4,46,47,48)/t28-,29-,30-,31-,32-,33-/m0/s1. The first-order chi connectivity index (χ1) is 30.7. The summed E-state index contributed by atoms with van der Waals surface area (Å²) in [7, 11) is 0. The van der Waals surface area contributed by atoms with E-state index in [9.17, 15) is 43.5 Å². The molecule has 0 spiro atoms. The number of carbonyl (C=O) groups excluding carboxylic acids is 7. The minimum absolute atomic E-state index is 0.00149. The number of carboxylic acids is 1. The molecule has 22 nitrogen and oxygen atoms in total. The number of likely N-dealkylation sites (tertiary alicyclic amines) is 2. The Labute approximate surface area is 374 Å². The second-order valence-electron chi connectivity index (χ2n) is 16.0. The fourth-order valence-electron chi connectivity index (χ4n) is 7.79. The number of guanidine groups is 1. The Morgan fingerprint density at radius 2 is 1.23 bits per heavy atom. The van der Waals surface area contributed by atoms with Gasteiger partial charge in [-0.3, -0.25) is 38.6 Å². The van der Waals surface area contributed by atoms with Gasteiger partial charge in [0.05, 0.1) is 6.54 Å². The van der Waals surface area contributed by atoms with Crippen molar-refractivity contribution in [1.82, 2.24) is 36.4 Å². The van der Waals surface area contributed by atoms with Gasteiger partial charge in [0.2, 0.25) is 41.4 Å². The molecule has 0 aromatic heterocycles. The van der Waals surface area contributed by atoms with E-state index in [1.165, 1.54) is 9.80 Å². The van der Waals surface area contributed by atoms with Gasteiger partial charge in [-0.05, 0) is 95.7 Å². The number of nitrogens with zero attached hydrogens (tertiary/aromatic N) is 3. The Hall–Kier alpha value is -5.87. The Morgan fingerprint density at radius 3 is 1.83 bits per heavy atom. The lowest BCUT2D eigenvalue weighted by Gasteiger charge is -2.33. The molecule has 2 aliphatic rings. The van der Waals surface area contributed by atoms with Crippen LogP contribution in [0.5, 0.6) is 0 Å². The van der Waals surface area contributed by atoms with Crippen molar-refractivity contribution in [3.05, 3.63) is 35.9 Å². The zero-order valence-corrected chi connectivity index (χ0v) is 36.6. The fourth-order valence-corrected chi connectivity index (χ4v) is 7.79. The molecule has 356 valence electrons. The van der Waals surface area contributed by atoms with Gasteiger partial charge in [0.1, 0.15) is 36.3 Å². The molecule has 0 aliphatic carbocycles. The van der Waals surface area contributed by atoms with Gasteiger partial charge in [-0.15, -0.1) is 0 Å². The Bertz CT molecular complexity index is 1750. The van der Waals surface area contributed by atoms with Gasteiger partial charge < -0.3 is 70.2 Å². The molecule has 6 atom stereocenters. The second-order valence-corrected chi connectivity index (χ2v) is 16.0. The number of nitrogens with one attached hydrogen (secondary N) is 5. The third-order valence-corrected chi connectivity index (χ3v) is 11.1. The number of unbranched alkanes of at least 4 members (excludes halogenated alkanes) is 2. The van der Waals surface area contributed by atoms with Crippen LogP contribution in [0.4, 0.5) is 0 Å². The molecule has 22 heteroatoms. The van der Waals surface area contributed by atoms with Gasteiger partial charge >= 0.3 is 5.97 Å². The van der Waals surface area contributed by atoms with Crippen molar-refractivity contribution in [3.8, 4) is 0 Å². The zero-order valence-electron chi connectivity index (χ0n) is 36.6. The van der Waals surface area contributed by atoms with E-state index in [2.05, 4.69) is 31.6 Å². The topological polar surface area (TPSA) is 366 Å². The van der Waals surface area contributed by atoms with E-state index in [4.69, 9.17) is 28.7 Å². The van der Waals surface area contributed by atoms with Crippen LogP contribution in [0.1, 0.15) is 89.0 Å². The monoisotopic (exact) mass is 900 g/mol. The number of amides is 7. The molecule has 2 heterocycles. The van der Waals surface area contributed by atoms with E-state index in [1.54, 1.807) is 30.3 Å². The molecule has 2 fully saturated rings. The van der Waals surface area contributed by atoms with Gasteiger partial charge in [0.15, 0.2) is 5.96 Å². The molecule has 0 unspecified atom stereocenters. The Morgan fingerprint density at radius 1 is 0.672 bits per heavy atom. The van der Waals surface area contributed by atoms with E-state index < -0.39 is 90.1 Å².